The highest BCUT2D eigenvalue weighted by molar-refractivity contribution is 5.95. The zero-order valence-corrected chi connectivity index (χ0v) is 11.1. The molecule has 0 aromatic carbocycles. The van der Waals surface area contributed by atoms with Crippen LogP contribution in [0.15, 0.2) is 18.3 Å². The Bertz CT molecular complexity index is 512. The van der Waals surface area contributed by atoms with Gasteiger partial charge in [0.25, 0.3) is 5.91 Å². The Kier molecular flexibility index (Phi) is 4.53. The summed E-state index contributed by atoms with van der Waals surface area (Å²) in [6, 6.07) is 3.94. The minimum Gasteiger partial charge on any atom is -0.395 e. The van der Waals surface area contributed by atoms with E-state index in [0.29, 0.717) is 30.3 Å². The first-order valence-electron chi connectivity index (χ1n) is 6.63. The minimum absolute atomic E-state index is 0.0275. The normalized spacial score (nSPS) is 13.6. The van der Waals surface area contributed by atoms with Crippen molar-refractivity contribution in [3.05, 3.63) is 29.6 Å². The molecule has 1 aromatic heterocycles. The zero-order chi connectivity index (χ0) is 13.7. The number of rotatable bonds is 4. The number of hydrogen-bond donors (Lipinski definition) is 1. The van der Waals surface area contributed by atoms with Gasteiger partial charge in [-0.15, -0.1) is 0 Å². The van der Waals surface area contributed by atoms with Crippen molar-refractivity contribution in [2.24, 2.45) is 0 Å². The molecule has 1 aliphatic carbocycles. The number of amides is 1. The highest BCUT2D eigenvalue weighted by Crippen LogP contribution is 2.28. The standard InChI is InChI=1S/C15H18N2O2/c1-2-17(13-8-9-13)15(19)14-12(6-3-4-11-18)7-5-10-16-14/h5,7,10,13,18H,2,4,8-9,11H2,1H3. The molecule has 2 rings (SSSR count). The molecule has 1 amide bonds. The van der Waals surface area contributed by atoms with Gasteiger partial charge in [0.15, 0.2) is 0 Å². The number of pyridine rings is 1. The van der Waals surface area contributed by atoms with E-state index in [0.717, 1.165) is 12.8 Å². The fourth-order valence-corrected chi connectivity index (χ4v) is 1.98. The first-order chi connectivity index (χ1) is 9.27. The van der Waals surface area contributed by atoms with Crippen molar-refractivity contribution in [1.82, 2.24) is 9.88 Å². The van der Waals surface area contributed by atoms with Gasteiger partial charge in [0.05, 0.1) is 12.2 Å². The van der Waals surface area contributed by atoms with E-state index in [1.54, 1.807) is 18.3 Å². The van der Waals surface area contributed by atoms with Crippen molar-refractivity contribution in [1.29, 1.82) is 0 Å². The van der Waals surface area contributed by atoms with Gasteiger partial charge in [0, 0.05) is 25.2 Å². The Labute approximate surface area is 113 Å². The Morgan fingerprint density at radius 3 is 3.00 bits per heavy atom. The summed E-state index contributed by atoms with van der Waals surface area (Å²) in [6.07, 6.45) is 4.18. The van der Waals surface area contributed by atoms with Crippen LogP contribution in [0.25, 0.3) is 0 Å². The minimum atomic E-state index is -0.0427. The number of aromatic nitrogens is 1. The van der Waals surface area contributed by atoms with E-state index in [4.69, 9.17) is 5.11 Å². The Morgan fingerprint density at radius 1 is 1.58 bits per heavy atom. The van der Waals surface area contributed by atoms with E-state index in [2.05, 4.69) is 16.8 Å². The first kappa shape index (κ1) is 13.6. The summed E-state index contributed by atoms with van der Waals surface area (Å²) in [5.41, 5.74) is 1.06. The predicted octanol–water partition coefficient (Wildman–Crippen LogP) is 1.44. The fraction of sp³-hybridized carbons (Fsp3) is 0.467. The summed E-state index contributed by atoms with van der Waals surface area (Å²) < 4.78 is 0. The average molecular weight is 258 g/mol. The molecule has 0 saturated heterocycles. The van der Waals surface area contributed by atoms with Gasteiger partial charge in [0.1, 0.15) is 5.69 Å². The van der Waals surface area contributed by atoms with E-state index in [-0.39, 0.29) is 12.5 Å². The maximum absolute atomic E-state index is 12.5. The second kappa shape index (κ2) is 6.35. The second-order valence-electron chi connectivity index (χ2n) is 4.50. The van der Waals surface area contributed by atoms with Crippen molar-refractivity contribution >= 4 is 5.91 Å². The lowest BCUT2D eigenvalue weighted by molar-refractivity contribution is 0.0746. The highest BCUT2D eigenvalue weighted by Gasteiger charge is 2.33. The number of aliphatic hydroxyl groups excluding tert-OH is 1. The average Bonchev–Trinajstić information content (AvgIpc) is 3.25. The van der Waals surface area contributed by atoms with Crippen LogP contribution in [-0.4, -0.2) is 40.1 Å². The van der Waals surface area contributed by atoms with Gasteiger partial charge >= 0.3 is 0 Å². The van der Waals surface area contributed by atoms with Crippen molar-refractivity contribution in [3.63, 3.8) is 0 Å². The monoisotopic (exact) mass is 258 g/mol. The number of carbonyl (C=O) groups is 1. The zero-order valence-electron chi connectivity index (χ0n) is 11.1. The molecule has 1 N–H and O–H groups in total. The van der Waals surface area contributed by atoms with Crippen LogP contribution in [0.2, 0.25) is 0 Å². The van der Waals surface area contributed by atoms with Crippen LogP contribution < -0.4 is 0 Å². The number of carbonyl (C=O) groups excluding carboxylic acids is 1. The van der Waals surface area contributed by atoms with Gasteiger partial charge in [-0.3, -0.25) is 4.79 Å². The number of aliphatic hydroxyl groups is 1. The summed E-state index contributed by atoms with van der Waals surface area (Å²) in [5, 5.41) is 8.74. The SMILES string of the molecule is CCN(C(=O)c1ncccc1C#CCCO)C1CC1. The molecule has 1 aromatic rings. The smallest absolute Gasteiger partial charge is 0.273 e. The third-order valence-electron chi connectivity index (χ3n) is 3.06. The van der Waals surface area contributed by atoms with Crippen molar-refractivity contribution in [3.8, 4) is 11.8 Å². The van der Waals surface area contributed by atoms with Gasteiger partial charge in [-0.2, -0.15) is 0 Å². The largest absolute Gasteiger partial charge is 0.395 e. The van der Waals surface area contributed by atoms with Gasteiger partial charge in [-0.05, 0) is 31.9 Å². The van der Waals surface area contributed by atoms with E-state index >= 15 is 0 Å². The highest BCUT2D eigenvalue weighted by atomic mass is 16.2. The Hall–Kier alpha value is -1.86. The quantitative estimate of drug-likeness (QED) is 0.831. The first-order valence-corrected chi connectivity index (χ1v) is 6.63. The van der Waals surface area contributed by atoms with Gasteiger partial charge < -0.3 is 10.0 Å². The van der Waals surface area contributed by atoms with Gasteiger partial charge in [-0.1, -0.05) is 11.8 Å². The van der Waals surface area contributed by atoms with Crippen molar-refractivity contribution < 1.29 is 9.90 Å². The van der Waals surface area contributed by atoms with Gasteiger partial charge in [-0.25, -0.2) is 4.98 Å². The third-order valence-corrected chi connectivity index (χ3v) is 3.06. The molecule has 1 aliphatic rings. The maximum Gasteiger partial charge on any atom is 0.273 e. The Balaban J connectivity index is 2.23. The maximum atomic E-state index is 12.5. The van der Waals surface area contributed by atoms with E-state index in [1.807, 2.05) is 11.8 Å². The summed E-state index contributed by atoms with van der Waals surface area (Å²) in [6.45, 7) is 2.71. The summed E-state index contributed by atoms with van der Waals surface area (Å²) >= 11 is 0. The molecule has 1 fully saturated rings. The predicted molar refractivity (Wildman–Crippen MR) is 72.6 cm³/mol. The summed E-state index contributed by atoms with van der Waals surface area (Å²) in [4.78, 5) is 18.5. The molecule has 0 atom stereocenters. The van der Waals surface area contributed by atoms with E-state index in [9.17, 15) is 4.79 Å². The van der Waals surface area contributed by atoms with Crippen LogP contribution in [0, 0.1) is 11.8 Å². The molecule has 0 bridgehead atoms. The number of nitrogens with zero attached hydrogens (tertiary/aromatic N) is 2. The second-order valence-corrected chi connectivity index (χ2v) is 4.50. The van der Waals surface area contributed by atoms with Crippen molar-refractivity contribution in [2.45, 2.75) is 32.2 Å². The van der Waals surface area contributed by atoms with E-state index in [1.165, 1.54) is 0 Å². The molecule has 4 heteroatoms. The molecule has 100 valence electrons. The van der Waals surface area contributed by atoms with Crippen LogP contribution in [0.1, 0.15) is 42.2 Å². The lowest BCUT2D eigenvalue weighted by Crippen LogP contribution is -2.33. The molecular weight excluding hydrogens is 240 g/mol. The Morgan fingerprint density at radius 2 is 2.37 bits per heavy atom. The van der Waals surface area contributed by atoms with Crippen LogP contribution in [0.3, 0.4) is 0 Å². The molecule has 1 saturated carbocycles. The third kappa shape index (κ3) is 3.33. The fourth-order valence-electron chi connectivity index (χ4n) is 1.98. The molecule has 0 radical (unpaired) electrons. The molecule has 1 heterocycles. The van der Waals surface area contributed by atoms with Crippen LogP contribution in [0.5, 0.6) is 0 Å². The summed E-state index contributed by atoms with van der Waals surface area (Å²) in [5.74, 6) is 5.71. The molecule has 4 nitrogen and oxygen atoms in total. The molecule has 0 unspecified atom stereocenters. The van der Waals surface area contributed by atoms with Crippen LogP contribution in [0.4, 0.5) is 0 Å². The van der Waals surface area contributed by atoms with Gasteiger partial charge in [0.2, 0.25) is 0 Å². The topological polar surface area (TPSA) is 53.4 Å². The molecule has 19 heavy (non-hydrogen) atoms. The lowest BCUT2D eigenvalue weighted by atomic mass is 10.1. The number of hydrogen-bond acceptors (Lipinski definition) is 3. The molecule has 0 aliphatic heterocycles. The summed E-state index contributed by atoms with van der Waals surface area (Å²) in [7, 11) is 0. The van der Waals surface area contributed by atoms with Crippen LogP contribution >= 0.6 is 0 Å². The van der Waals surface area contributed by atoms with E-state index < -0.39 is 0 Å². The molecule has 0 spiro atoms. The molecular formula is C15H18N2O2. The van der Waals surface area contributed by atoms with Crippen molar-refractivity contribution in [2.75, 3.05) is 13.2 Å². The lowest BCUT2D eigenvalue weighted by Gasteiger charge is -2.20. The van der Waals surface area contributed by atoms with Crippen LogP contribution in [-0.2, 0) is 0 Å².